The van der Waals surface area contributed by atoms with Crippen molar-refractivity contribution >= 4 is 18.0 Å². The number of carbonyl (C=O) groups is 3. The Morgan fingerprint density at radius 3 is 2.22 bits per heavy atom. The number of benzene rings is 2. The van der Waals surface area contributed by atoms with Gasteiger partial charge in [-0.3, -0.25) is 14.3 Å². The van der Waals surface area contributed by atoms with E-state index in [9.17, 15) is 14.4 Å². The van der Waals surface area contributed by atoms with Crippen LogP contribution in [0.25, 0.3) is 11.1 Å². The fraction of sp³-hybridized carbons (Fsp3) is 0.370. The Bertz CT molecular complexity index is 1250. The van der Waals surface area contributed by atoms with E-state index in [0.717, 1.165) is 22.3 Å². The number of fused-ring (bicyclic) bond motifs is 3. The molecule has 194 valence electrons. The van der Waals surface area contributed by atoms with Crippen LogP contribution in [-0.2, 0) is 32.7 Å². The molecule has 0 aliphatic heterocycles. The summed E-state index contributed by atoms with van der Waals surface area (Å²) >= 11 is 0. The molecule has 1 heterocycles. The zero-order chi connectivity index (χ0) is 26.6. The third kappa shape index (κ3) is 6.52. The SMILES string of the molecule is Cn1cc(CNC(=O)[C@H](CC(=O)OC(C)(C)C)NC(=O)OCC2c3ccccc3-c3ccccc32)nn1. The number of aromatic nitrogens is 3. The number of aryl methyl sites for hydroxylation is 1. The zero-order valence-electron chi connectivity index (χ0n) is 21.4. The van der Waals surface area contributed by atoms with E-state index < -0.39 is 29.6 Å². The van der Waals surface area contributed by atoms with E-state index in [-0.39, 0.29) is 25.5 Å². The lowest BCUT2D eigenvalue weighted by atomic mass is 9.98. The number of alkyl carbamates (subject to hydrolysis) is 1. The second kappa shape index (κ2) is 10.8. The molecule has 0 radical (unpaired) electrons. The normalized spacial score (nSPS) is 13.3. The molecule has 0 unspecified atom stereocenters. The maximum Gasteiger partial charge on any atom is 0.407 e. The maximum absolute atomic E-state index is 12.9. The number of ether oxygens (including phenoxy) is 2. The summed E-state index contributed by atoms with van der Waals surface area (Å²) in [5, 5.41) is 13.0. The van der Waals surface area contributed by atoms with Crippen molar-refractivity contribution in [3.8, 4) is 11.1 Å². The van der Waals surface area contributed by atoms with Crippen molar-refractivity contribution < 1.29 is 23.9 Å². The second-order valence-electron chi connectivity index (χ2n) is 9.91. The molecule has 37 heavy (non-hydrogen) atoms. The van der Waals surface area contributed by atoms with E-state index in [1.807, 2.05) is 48.5 Å². The van der Waals surface area contributed by atoms with Gasteiger partial charge < -0.3 is 20.1 Å². The van der Waals surface area contributed by atoms with E-state index in [1.165, 1.54) is 4.68 Å². The average Bonchev–Trinajstić information content (AvgIpc) is 3.40. The molecule has 10 nitrogen and oxygen atoms in total. The zero-order valence-corrected chi connectivity index (χ0v) is 21.4. The number of esters is 1. The van der Waals surface area contributed by atoms with Crippen molar-refractivity contribution in [1.29, 1.82) is 0 Å². The number of amides is 2. The summed E-state index contributed by atoms with van der Waals surface area (Å²) in [6.45, 7) is 5.36. The third-order valence-corrected chi connectivity index (χ3v) is 5.84. The topological polar surface area (TPSA) is 124 Å². The van der Waals surface area contributed by atoms with Gasteiger partial charge in [-0.2, -0.15) is 0 Å². The van der Waals surface area contributed by atoms with Gasteiger partial charge in [0.1, 0.15) is 23.9 Å². The van der Waals surface area contributed by atoms with E-state index >= 15 is 0 Å². The first-order chi connectivity index (χ1) is 17.6. The molecule has 10 heteroatoms. The Labute approximate surface area is 215 Å². The number of carbonyl (C=O) groups excluding carboxylic acids is 3. The molecule has 0 spiro atoms. The Morgan fingerprint density at radius 1 is 1.03 bits per heavy atom. The molecule has 1 aromatic heterocycles. The summed E-state index contributed by atoms with van der Waals surface area (Å²) in [6, 6.07) is 14.8. The van der Waals surface area contributed by atoms with E-state index in [4.69, 9.17) is 9.47 Å². The van der Waals surface area contributed by atoms with E-state index in [0.29, 0.717) is 5.69 Å². The van der Waals surface area contributed by atoms with Crippen LogP contribution in [0.3, 0.4) is 0 Å². The van der Waals surface area contributed by atoms with Crippen molar-refractivity contribution in [3.05, 3.63) is 71.5 Å². The summed E-state index contributed by atoms with van der Waals surface area (Å²) in [7, 11) is 1.71. The number of nitrogens with zero attached hydrogens (tertiary/aromatic N) is 3. The molecule has 1 aliphatic carbocycles. The van der Waals surface area contributed by atoms with Gasteiger partial charge in [0.25, 0.3) is 0 Å². The van der Waals surface area contributed by atoms with Crippen LogP contribution in [0.1, 0.15) is 49.9 Å². The van der Waals surface area contributed by atoms with Crippen LogP contribution >= 0.6 is 0 Å². The fourth-order valence-electron chi connectivity index (χ4n) is 4.32. The molecule has 0 fully saturated rings. The summed E-state index contributed by atoms with van der Waals surface area (Å²) < 4.78 is 12.4. The highest BCUT2D eigenvalue weighted by Gasteiger charge is 2.31. The molecule has 1 atom stereocenters. The van der Waals surface area contributed by atoms with Gasteiger partial charge >= 0.3 is 12.1 Å². The highest BCUT2D eigenvalue weighted by atomic mass is 16.6. The first-order valence-corrected chi connectivity index (χ1v) is 12.1. The summed E-state index contributed by atoms with van der Waals surface area (Å²) in [5.74, 6) is -1.32. The van der Waals surface area contributed by atoms with Gasteiger partial charge in [-0.05, 0) is 43.0 Å². The molecule has 4 rings (SSSR count). The minimum atomic E-state index is -1.19. The van der Waals surface area contributed by atoms with Gasteiger partial charge in [-0.1, -0.05) is 53.7 Å². The largest absolute Gasteiger partial charge is 0.460 e. The molecule has 3 aromatic rings. The van der Waals surface area contributed by atoms with Crippen molar-refractivity contribution in [1.82, 2.24) is 25.6 Å². The number of hydrogen-bond donors (Lipinski definition) is 2. The first-order valence-electron chi connectivity index (χ1n) is 12.1. The molecule has 0 saturated carbocycles. The summed E-state index contributed by atoms with van der Waals surface area (Å²) in [4.78, 5) is 38.1. The van der Waals surface area contributed by atoms with Crippen LogP contribution in [0.4, 0.5) is 4.79 Å². The highest BCUT2D eigenvalue weighted by molar-refractivity contribution is 5.89. The van der Waals surface area contributed by atoms with Crippen LogP contribution in [0.2, 0.25) is 0 Å². The predicted molar refractivity (Wildman–Crippen MR) is 135 cm³/mol. The molecule has 2 amide bonds. The molecular formula is C27H31N5O5. The van der Waals surface area contributed by atoms with Gasteiger partial charge in [-0.15, -0.1) is 5.10 Å². The fourth-order valence-corrected chi connectivity index (χ4v) is 4.32. The average molecular weight is 506 g/mol. The minimum Gasteiger partial charge on any atom is -0.460 e. The quantitative estimate of drug-likeness (QED) is 0.451. The minimum absolute atomic E-state index is 0.0836. The number of rotatable bonds is 8. The van der Waals surface area contributed by atoms with Crippen molar-refractivity contribution in [2.75, 3.05) is 6.61 Å². The summed E-state index contributed by atoms with van der Waals surface area (Å²) in [5.41, 5.74) is 4.17. The molecule has 0 bridgehead atoms. The smallest absolute Gasteiger partial charge is 0.407 e. The van der Waals surface area contributed by atoms with Crippen LogP contribution in [0.15, 0.2) is 54.7 Å². The predicted octanol–water partition coefficient (Wildman–Crippen LogP) is 3.07. The van der Waals surface area contributed by atoms with E-state index in [2.05, 4.69) is 20.9 Å². The van der Waals surface area contributed by atoms with Crippen LogP contribution in [0, 0.1) is 0 Å². The van der Waals surface area contributed by atoms with Crippen molar-refractivity contribution in [2.45, 2.75) is 51.3 Å². The van der Waals surface area contributed by atoms with Gasteiger partial charge in [-0.25, -0.2) is 4.79 Å². The van der Waals surface area contributed by atoms with Crippen LogP contribution < -0.4 is 10.6 Å². The highest BCUT2D eigenvalue weighted by Crippen LogP contribution is 2.44. The lowest BCUT2D eigenvalue weighted by Gasteiger charge is -2.23. The van der Waals surface area contributed by atoms with Gasteiger partial charge in [0, 0.05) is 19.2 Å². The third-order valence-electron chi connectivity index (χ3n) is 5.84. The molecule has 0 saturated heterocycles. The Hall–Kier alpha value is -4.21. The number of hydrogen-bond acceptors (Lipinski definition) is 7. The van der Waals surface area contributed by atoms with Crippen molar-refractivity contribution in [3.63, 3.8) is 0 Å². The van der Waals surface area contributed by atoms with Crippen LogP contribution in [-0.4, -0.2) is 51.2 Å². The van der Waals surface area contributed by atoms with Crippen LogP contribution in [0.5, 0.6) is 0 Å². The lowest BCUT2D eigenvalue weighted by molar-refractivity contribution is -0.156. The Kier molecular flexibility index (Phi) is 7.56. The summed E-state index contributed by atoms with van der Waals surface area (Å²) in [6.07, 6.45) is 0.501. The second-order valence-corrected chi connectivity index (χ2v) is 9.91. The standard InChI is InChI=1S/C27H31N5O5/c1-27(2,3)37-24(33)13-23(25(34)28-14-17-15-32(4)31-30-17)29-26(35)36-16-22-20-11-7-5-9-18(20)19-10-6-8-12-21(19)22/h5-12,15,22-23H,13-14,16H2,1-4H3,(H,28,34)(H,29,35)/t23-/m0/s1. The van der Waals surface area contributed by atoms with E-state index in [1.54, 1.807) is 34.0 Å². The Balaban J connectivity index is 1.42. The van der Waals surface area contributed by atoms with Crippen molar-refractivity contribution in [2.24, 2.45) is 7.05 Å². The van der Waals surface area contributed by atoms with Gasteiger partial charge in [0.05, 0.1) is 13.0 Å². The number of nitrogens with one attached hydrogen (secondary N) is 2. The van der Waals surface area contributed by atoms with Gasteiger partial charge in [0.2, 0.25) is 5.91 Å². The first kappa shape index (κ1) is 25.9. The maximum atomic E-state index is 12.9. The Morgan fingerprint density at radius 2 is 1.65 bits per heavy atom. The monoisotopic (exact) mass is 505 g/mol. The molecule has 1 aliphatic rings. The van der Waals surface area contributed by atoms with Gasteiger partial charge in [0.15, 0.2) is 0 Å². The lowest BCUT2D eigenvalue weighted by Crippen LogP contribution is -2.48. The molecule has 2 N–H and O–H groups in total. The molecular weight excluding hydrogens is 474 g/mol. The molecule has 2 aromatic carbocycles.